The van der Waals surface area contributed by atoms with E-state index in [1.807, 2.05) is 54.6 Å². The zero-order valence-corrected chi connectivity index (χ0v) is 21.3. The molecule has 0 bridgehead atoms. The summed E-state index contributed by atoms with van der Waals surface area (Å²) >= 11 is 7.61. The Morgan fingerprint density at radius 2 is 1.80 bits per heavy atom. The highest BCUT2D eigenvalue weighted by Crippen LogP contribution is 2.32. The Morgan fingerprint density at radius 3 is 2.60 bits per heavy atom. The van der Waals surface area contributed by atoms with E-state index in [9.17, 15) is 13.5 Å². The van der Waals surface area contributed by atoms with Crippen molar-refractivity contribution in [3.05, 3.63) is 107 Å². The van der Waals surface area contributed by atoms with Crippen LogP contribution >= 0.6 is 23.4 Å². The van der Waals surface area contributed by atoms with Crippen molar-refractivity contribution >= 4 is 55.9 Å². The maximum Gasteiger partial charge on any atom is 0.265 e. The third-order valence-electron chi connectivity index (χ3n) is 5.42. The predicted octanol–water partition coefficient (Wildman–Crippen LogP) is 6.02. The highest BCUT2D eigenvalue weighted by Gasteiger charge is 2.27. The molecule has 1 N–H and O–H groups in total. The number of pyridine rings is 1. The van der Waals surface area contributed by atoms with Crippen LogP contribution in [0.25, 0.3) is 16.8 Å². The lowest BCUT2D eigenvalue weighted by atomic mass is 10.2. The first-order valence-electron chi connectivity index (χ1n) is 11.0. The predicted molar refractivity (Wildman–Crippen MR) is 146 cm³/mol. The maximum atomic E-state index is 13.8. The molecule has 5 nitrogen and oxygen atoms in total. The Kier molecular flexibility index (Phi) is 8.46. The van der Waals surface area contributed by atoms with Crippen LogP contribution in [0.2, 0.25) is 5.02 Å². The first-order chi connectivity index (χ1) is 17.0. The average Bonchev–Trinajstić information content (AvgIpc) is 2.88. The number of nitrogens with zero attached hydrogens (tertiary/aromatic N) is 2. The van der Waals surface area contributed by atoms with E-state index in [0.29, 0.717) is 21.8 Å². The van der Waals surface area contributed by atoms with Crippen molar-refractivity contribution in [3.8, 4) is 0 Å². The van der Waals surface area contributed by atoms with Crippen molar-refractivity contribution in [1.29, 1.82) is 0 Å². The number of para-hydroxylation sites is 1. The Hall–Kier alpha value is -2.84. The molecule has 0 spiro atoms. The van der Waals surface area contributed by atoms with Gasteiger partial charge in [-0.3, -0.25) is 9.29 Å². The quantitative estimate of drug-likeness (QED) is 0.257. The standard InChI is InChI=1S/C27H25ClN2O3S2/c28-24-12-10-21(11-13-24)5-4-18-34-20-23-6-1-2-8-26(23)30(16-17-31)35(32,33)27-9-3-7-22-19-29-15-14-25(22)27/h1-15,19,31H,16-18,20H2. The molecule has 0 saturated heterocycles. The highest BCUT2D eigenvalue weighted by atomic mass is 35.5. The molecule has 0 aliphatic heterocycles. The van der Waals surface area contributed by atoms with E-state index < -0.39 is 10.0 Å². The Balaban J connectivity index is 1.57. The largest absolute Gasteiger partial charge is 0.394 e. The number of aromatic nitrogens is 1. The van der Waals surface area contributed by atoms with Gasteiger partial charge >= 0.3 is 0 Å². The molecule has 0 amide bonds. The van der Waals surface area contributed by atoms with Gasteiger partial charge in [-0.25, -0.2) is 8.42 Å². The lowest BCUT2D eigenvalue weighted by molar-refractivity contribution is 0.306. The minimum atomic E-state index is -3.93. The molecule has 1 aromatic heterocycles. The molecule has 8 heteroatoms. The van der Waals surface area contributed by atoms with Gasteiger partial charge in [-0.2, -0.15) is 11.8 Å². The molecule has 1 heterocycles. The van der Waals surface area contributed by atoms with Gasteiger partial charge in [0.1, 0.15) is 0 Å². The molecule has 4 rings (SSSR count). The van der Waals surface area contributed by atoms with Crippen molar-refractivity contribution < 1.29 is 13.5 Å². The van der Waals surface area contributed by atoms with Gasteiger partial charge in [0.2, 0.25) is 0 Å². The maximum absolute atomic E-state index is 13.8. The van der Waals surface area contributed by atoms with Crippen LogP contribution in [0, 0.1) is 0 Å². The molecular weight excluding hydrogens is 500 g/mol. The van der Waals surface area contributed by atoms with Gasteiger partial charge < -0.3 is 5.11 Å². The summed E-state index contributed by atoms with van der Waals surface area (Å²) in [5.41, 5.74) is 2.53. The Morgan fingerprint density at radius 1 is 1.00 bits per heavy atom. The molecule has 0 fully saturated rings. The number of hydrogen-bond donors (Lipinski definition) is 1. The Bertz CT molecular complexity index is 1420. The van der Waals surface area contributed by atoms with Crippen LogP contribution in [0.1, 0.15) is 11.1 Å². The summed E-state index contributed by atoms with van der Waals surface area (Å²) in [7, 11) is -3.93. The fraction of sp³-hybridized carbons (Fsp3) is 0.148. The molecule has 3 aromatic carbocycles. The zero-order chi connectivity index (χ0) is 24.7. The second kappa shape index (κ2) is 11.7. The number of hydrogen-bond acceptors (Lipinski definition) is 5. The van der Waals surface area contributed by atoms with Gasteiger partial charge in [-0.05, 0) is 41.5 Å². The van der Waals surface area contributed by atoms with E-state index in [1.54, 1.807) is 48.4 Å². The number of rotatable bonds is 10. The number of aliphatic hydroxyl groups excluding tert-OH is 1. The number of anilines is 1. The summed E-state index contributed by atoms with van der Waals surface area (Å²) in [6.07, 6.45) is 7.34. The minimum Gasteiger partial charge on any atom is -0.394 e. The molecule has 0 aliphatic rings. The minimum absolute atomic E-state index is 0.0397. The summed E-state index contributed by atoms with van der Waals surface area (Å²) in [6.45, 7) is -0.335. The van der Waals surface area contributed by atoms with Crippen LogP contribution in [0.5, 0.6) is 0 Å². The van der Waals surface area contributed by atoms with Crippen molar-refractivity contribution in [1.82, 2.24) is 4.98 Å². The molecule has 0 radical (unpaired) electrons. The lowest BCUT2D eigenvalue weighted by Crippen LogP contribution is -2.34. The third-order valence-corrected chi connectivity index (χ3v) is 8.49. The Labute approximate surface area is 215 Å². The van der Waals surface area contributed by atoms with Crippen LogP contribution in [0.4, 0.5) is 5.69 Å². The second-order valence-electron chi connectivity index (χ2n) is 7.75. The molecule has 4 aromatic rings. The number of fused-ring (bicyclic) bond motifs is 1. The van der Waals surface area contributed by atoms with E-state index >= 15 is 0 Å². The number of halogens is 1. The fourth-order valence-electron chi connectivity index (χ4n) is 3.77. The number of aliphatic hydroxyl groups is 1. The SMILES string of the molecule is O=S(=O)(c1cccc2cnccc12)N(CCO)c1ccccc1CSCC=Cc1ccc(Cl)cc1. The normalized spacial score (nSPS) is 11.8. The lowest BCUT2D eigenvalue weighted by Gasteiger charge is -2.26. The van der Waals surface area contributed by atoms with Crippen LogP contribution in [-0.4, -0.2) is 37.4 Å². The van der Waals surface area contributed by atoms with Gasteiger partial charge in [0.25, 0.3) is 10.0 Å². The van der Waals surface area contributed by atoms with E-state index in [1.165, 1.54) is 4.31 Å². The van der Waals surface area contributed by atoms with Gasteiger partial charge in [0, 0.05) is 39.7 Å². The van der Waals surface area contributed by atoms with E-state index in [2.05, 4.69) is 11.1 Å². The molecule has 0 aliphatic carbocycles. The average molecular weight is 525 g/mol. The summed E-state index contributed by atoms with van der Waals surface area (Å²) < 4.78 is 28.9. The van der Waals surface area contributed by atoms with E-state index in [4.69, 9.17) is 11.6 Å². The number of thioether (sulfide) groups is 1. The molecule has 180 valence electrons. The highest BCUT2D eigenvalue weighted by molar-refractivity contribution is 7.98. The molecule has 0 saturated carbocycles. The number of benzene rings is 3. The molecule has 0 atom stereocenters. The van der Waals surface area contributed by atoms with Crippen LogP contribution in [0.15, 0.2) is 96.2 Å². The fourth-order valence-corrected chi connectivity index (χ4v) is 6.42. The topological polar surface area (TPSA) is 70.5 Å². The van der Waals surface area contributed by atoms with Gasteiger partial charge in [-0.1, -0.05) is 66.2 Å². The van der Waals surface area contributed by atoms with Crippen LogP contribution in [-0.2, 0) is 15.8 Å². The summed E-state index contributed by atoms with van der Waals surface area (Å²) in [6, 6.07) is 21.9. The molecule has 35 heavy (non-hydrogen) atoms. The first kappa shape index (κ1) is 25.3. The van der Waals surface area contributed by atoms with Crippen LogP contribution in [0.3, 0.4) is 0 Å². The summed E-state index contributed by atoms with van der Waals surface area (Å²) in [4.78, 5) is 4.29. The smallest absolute Gasteiger partial charge is 0.265 e. The van der Waals surface area contributed by atoms with Crippen LogP contribution < -0.4 is 4.31 Å². The summed E-state index contributed by atoms with van der Waals surface area (Å²) in [5.74, 6) is 1.39. The summed E-state index contributed by atoms with van der Waals surface area (Å²) in [5, 5.41) is 11.8. The molecule has 0 unspecified atom stereocenters. The van der Waals surface area contributed by atoms with Crippen molar-refractivity contribution in [3.63, 3.8) is 0 Å². The van der Waals surface area contributed by atoms with E-state index in [0.717, 1.165) is 22.3 Å². The van der Waals surface area contributed by atoms with Gasteiger partial charge in [-0.15, -0.1) is 0 Å². The zero-order valence-electron chi connectivity index (χ0n) is 18.9. The van der Waals surface area contributed by atoms with Crippen molar-refractivity contribution in [2.24, 2.45) is 0 Å². The van der Waals surface area contributed by atoms with E-state index in [-0.39, 0.29) is 18.0 Å². The van der Waals surface area contributed by atoms with Gasteiger partial charge in [0.05, 0.1) is 23.7 Å². The van der Waals surface area contributed by atoms with Gasteiger partial charge in [0.15, 0.2) is 0 Å². The first-order valence-corrected chi connectivity index (χ1v) is 14.0. The molecular formula is C27H25ClN2O3S2. The van der Waals surface area contributed by atoms with Crippen molar-refractivity contribution in [2.75, 3.05) is 23.2 Å². The monoisotopic (exact) mass is 524 g/mol. The second-order valence-corrected chi connectivity index (χ2v) is 11.0. The van der Waals surface area contributed by atoms with Crippen molar-refractivity contribution in [2.45, 2.75) is 10.6 Å². The number of sulfonamides is 1. The third kappa shape index (κ3) is 6.05.